The van der Waals surface area contributed by atoms with Crippen LogP contribution >= 0.6 is 31.9 Å². The summed E-state index contributed by atoms with van der Waals surface area (Å²) in [5, 5.41) is 10.2. The van der Waals surface area contributed by atoms with Crippen LogP contribution in [0.15, 0.2) is 19.6 Å². The van der Waals surface area contributed by atoms with Crippen LogP contribution in [0.2, 0.25) is 0 Å². The second-order valence-electron chi connectivity index (χ2n) is 4.74. The second-order valence-corrected chi connectivity index (χ2v) is 6.31. The van der Waals surface area contributed by atoms with E-state index in [1.165, 1.54) is 12.8 Å². The van der Waals surface area contributed by atoms with Gasteiger partial charge in [-0.25, -0.2) is 0 Å². The van der Waals surface area contributed by atoms with E-state index in [9.17, 15) is 5.11 Å². The minimum atomic E-state index is -0.463. The molecule has 1 N–H and O–H groups in total. The van der Waals surface area contributed by atoms with Gasteiger partial charge in [0, 0.05) is 0 Å². The number of rotatable bonds is 2. The third-order valence-corrected chi connectivity index (χ3v) is 5.17. The van der Waals surface area contributed by atoms with Crippen molar-refractivity contribution < 1.29 is 9.52 Å². The fourth-order valence-corrected chi connectivity index (χ4v) is 2.95. The van der Waals surface area contributed by atoms with Crippen molar-refractivity contribution in [1.82, 2.24) is 0 Å². The summed E-state index contributed by atoms with van der Waals surface area (Å²) in [6.07, 6.45) is 4.15. The molecule has 2 rings (SSSR count). The fourth-order valence-electron chi connectivity index (χ4n) is 2.34. The van der Waals surface area contributed by atoms with E-state index in [0.29, 0.717) is 16.3 Å². The SMILES string of the molecule is CC1CCC(C(O)c2cc(Br)c(Br)o2)CC1. The molecule has 0 bridgehead atoms. The highest BCUT2D eigenvalue weighted by molar-refractivity contribution is 9.13. The van der Waals surface area contributed by atoms with Crippen molar-refractivity contribution in [3.05, 3.63) is 21.0 Å². The molecule has 1 aliphatic rings. The Balaban J connectivity index is 2.04. The first-order valence-electron chi connectivity index (χ1n) is 5.70. The van der Waals surface area contributed by atoms with Crippen LogP contribution in [-0.2, 0) is 0 Å². The normalized spacial score (nSPS) is 28.0. The summed E-state index contributed by atoms with van der Waals surface area (Å²) in [6, 6.07) is 1.85. The highest BCUT2D eigenvalue weighted by Gasteiger charge is 2.28. The van der Waals surface area contributed by atoms with Crippen LogP contribution in [0.25, 0.3) is 0 Å². The van der Waals surface area contributed by atoms with Gasteiger partial charge in [-0.15, -0.1) is 0 Å². The lowest BCUT2D eigenvalue weighted by Crippen LogP contribution is -2.18. The molecule has 0 radical (unpaired) electrons. The van der Waals surface area contributed by atoms with Gasteiger partial charge in [0.1, 0.15) is 11.9 Å². The average molecular weight is 352 g/mol. The molecule has 0 amide bonds. The number of hydrogen-bond donors (Lipinski definition) is 1. The van der Waals surface area contributed by atoms with Gasteiger partial charge in [-0.3, -0.25) is 0 Å². The molecule has 1 heterocycles. The summed E-state index contributed by atoms with van der Waals surface area (Å²) < 4.78 is 7.00. The Labute approximate surface area is 113 Å². The van der Waals surface area contributed by atoms with Crippen LogP contribution in [-0.4, -0.2) is 5.11 Å². The summed E-state index contributed by atoms with van der Waals surface area (Å²) in [5.74, 6) is 1.82. The zero-order valence-electron chi connectivity index (χ0n) is 9.25. The minimum absolute atomic E-state index is 0.348. The van der Waals surface area contributed by atoms with Gasteiger partial charge >= 0.3 is 0 Å². The second kappa shape index (κ2) is 5.23. The van der Waals surface area contributed by atoms with E-state index < -0.39 is 6.10 Å². The van der Waals surface area contributed by atoms with E-state index in [1.54, 1.807) is 0 Å². The number of halogens is 2. The molecule has 1 unspecified atom stereocenters. The Morgan fingerprint density at radius 3 is 2.44 bits per heavy atom. The fraction of sp³-hybridized carbons (Fsp3) is 0.667. The largest absolute Gasteiger partial charge is 0.450 e. The van der Waals surface area contributed by atoms with Crippen molar-refractivity contribution in [2.75, 3.05) is 0 Å². The van der Waals surface area contributed by atoms with Gasteiger partial charge in [0.25, 0.3) is 0 Å². The van der Waals surface area contributed by atoms with Crippen LogP contribution in [0.5, 0.6) is 0 Å². The van der Waals surface area contributed by atoms with Crippen molar-refractivity contribution in [3.63, 3.8) is 0 Å². The topological polar surface area (TPSA) is 33.4 Å². The molecule has 4 heteroatoms. The first-order valence-corrected chi connectivity index (χ1v) is 7.29. The molecule has 0 saturated heterocycles. The monoisotopic (exact) mass is 350 g/mol. The highest BCUT2D eigenvalue weighted by Crippen LogP contribution is 2.39. The third-order valence-electron chi connectivity index (χ3n) is 3.46. The Bertz CT molecular complexity index is 334. The summed E-state index contributed by atoms with van der Waals surface area (Å²) in [5.41, 5.74) is 0. The van der Waals surface area contributed by atoms with Crippen LogP contribution < -0.4 is 0 Å². The third kappa shape index (κ3) is 2.71. The number of hydrogen-bond acceptors (Lipinski definition) is 2. The molecule has 1 aromatic heterocycles. The maximum absolute atomic E-state index is 10.2. The first kappa shape index (κ1) is 12.7. The van der Waals surface area contributed by atoms with Gasteiger partial charge in [-0.05, 0) is 62.6 Å². The van der Waals surface area contributed by atoms with Gasteiger partial charge < -0.3 is 9.52 Å². The highest BCUT2D eigenvalue weighted by atomic mass is 79.9. The maximum atomic E-state index is 10.2. The minimum Gasteiger partial charge on any atom is -0.450 e. The molecule has 1 aliphatic carbocycles. The van der Waals surface area contributed by atoms with Gasteiger partial charge in [0.2, 0.25) is 0 Å². The predicted octanol–water partition coefficient (Wildman–Crippen LogP) is 4.66. The smallest absolute Gasteiger partial charge is 0.183 e. The Kier molecular flexibility index (Phi) is 4.14. The number of aliphatic hydroxyl groups excluding tert-OH is 1. The maximum Gasteiger partial charge on any atom is 0.183 e. The number of aliphatic hydroxyl groups is 1. The molecule has 90 valence electrons. The molecular weight excluding hydrogens is 336 g/mol. The lowest BCUT2D eigenvalue weighted by Gasteiger charge is -2.28. The zero-order valence-corrected chi connectivity index (χ0v) is 12.4. The van der Waals surface area contributed by atoms with Crippen molar-refractivity contribution >= 4 is 31.9 Å². The molecule has 1 saturated carbocycles. The van der Waals surface area contributed by atoms with Crippen LogP contribution in [0.4, 0.5) is 0 Å². The average Bonchev–Trinajstić information content (AvgIpc) is 2.59. The molecule has 16 heavy (non-hydrogen) atoms. The van der Waals surface area contributed by atoms with E-state index in [1.807, 2.05) is 6.07 Å². The molecule has 1 atom stereocenters. The lowest BCUT2D eigenvalue weighted by atomic mass is 9.80. The molecule has 1 fully saturated rings. The summed E-state index contributed by atoms with van der Waals surface area (Å²) in [4.78, 5) is 0. The number of furan rings is 1. The van der Waals surface area contributed by atoms with Crippen LogP contribution in [0.1, 0.15) is 44.5 Å². The van der Waals surface area contributed by atoms with Crippen LogP contribution in [0, 0.1) is 11.8 Å². The van der Waals surface area contributed by atoms with Crippen molar-refractivity contribution in [2.45, 2.75) is 38.7 Å². The Morgan fingerprint density at radius 1 is 1.31 bits per heavy atom. The zero-order chi connectivity index (χ0) is 11.7. The van der Waals surface area contributed by atoms with Crippen molar-refractivity contribution in [1.29, 1.82) is 0 Å². The van der Waals surface area contributed by atoms with Gasteiger partial charge in [-0.1, -0.05) is 19.8 Å². The summed E-state index contributed by atoms with van der Waals surface area (Å²) in [6.45, 7) is 2.28. The summed E-state index contributed by atoms with van der Waals surface area (Å²) >= 11 is 6.66. The van der Waals surface area contributed by atoms with Crippen molar-refractivity contribution in [3.8, 4) is 0 Å². The van der Waals surface area contributed by atoms with E-state index in [4.69, 9.17) is 4.42 Å². The van der Waals surface area contributed by atoms with E-state index >= 15 is 0 Å². The van der Waals surface area contributed by atoms with Crippen LogP contribution in [0.3, 0.4) is 0 Å². The summed E-state index contributed by atoms with van der Waals surface area (Å²) in [7, 11) is 0. The molecule has 0 aliphatic heterocycles. The quantitative estimate of drug-likeness (QED) is 0.840. The predicted molar refractivity (Wildman–Crippen MR) is 70.2 cm³/mol. The van der Waals surface area contributed by atoms with Gasteiger partial charge in [0.05, 0.1) is 4.47 Å². The Morgan fingerprint density at radius 2 is 1.94 bits per heavy atom. The van der Waals surface area contributed by atoms with Crippen molar-refractivity contribution in [2.24, 2.45) is 11.8 Å². The van der Waals surface area contributed by atoms with E-state index in [0.717, 1.165) is 23.2 Å². The van der Waals surface area contributed by atoms with E-state index in [-0.39, 0.29) is 0 Å². The standard InChI is InChI=1S/C12H16Br2O2/c1-7-2-4-8(5-3-7)11(15)10-6-9(13)12(14)16-10/h6-8,11,15H,2-5H2,1H3. The molecule has 1 aromatic rings. The molecule has 2 nitrogen and oxygen atoms in total. The van der Waals surface area contributed by atoms with Gasteiger partial charge in [0.15, 0.2) is 4.67 Å². The molecular formula is C12H16Br2O2. The first-order chi connectivity index (χ1) is 7.58. The Hall–Kier alpha value is 0.200. The lowest BCUT2D eigenvalue weighted by molar-refractivity contribution is 0.0567. The molecule has 0 spiro atoms. The molecule has 0 aromatic carbocycles. The van der Waals surface area contributed by atoms with E-state index in [2.05, 4.69) is 38.8 Å². The van der Waals surface area contributed by atoms with Gasteiger partial charge in [-0.2, -0.15) is 0 Å².